The molecule has 2 nitrogen and oxygen atoms in total. The van der Waals surface area contributed by atoms with Crippen LogP contribution in [0.4, 0.5) is 5.69 Å². The highest BCUT2D eigenvalue weighted by Gasteiger charge is 2.35. The summed E-state index contributed by atoms with van der Waals surface area (Å²) in [7, 11) is 0. The average Bonchev–Trinajstić information content (AvgIpc) is 2.27. The van der Waals surface area contributed by atoms with Crippen LogP contribution >= 0.6 is 0 Å². The summed E-state index contributed by atoms with van der Waals surface area (Å²) in [5.41, 5.74) is 10.3. The van der Waals surface area contributed by atoms with Crippen molar-refractivity contribution in [2.45, 2.75) is 34.1 Å². The van der Waals surface area contributed by atoms with Crippen molar-refractivity contribution in [1.29, 1.82) is 0 Å². The van der Waals surface area contributed by atoms with Gasteiger partial charge in [-0.3, -0.25) is 0 Å². The van der Waals surface area contributed by atoms with Crippen LogP contribution in [0.3, 0.4) is 0 Å². The number of hydrogen-bond acceptors (Lipinski definition) is 2. The van der Waals surface area contributed by atoms with Crippen molar-refractivity contribution in [1.82, 2.24) is 0 Å². The molecule has 2 heteroatoms. The molecule has 100 valence electrons. The van der Waals surface area contributed by atoms with Gasteiger partial charge in [0.2, 0.25) is 0 Å². The Labute approximate surface area is 111 Å². The highest BCUT2D eigenvalue weighted by atomic mass is 15.1. The van der Waals surface area contributed by atoms with Gasteiger partial charge in [0.05, 0.1) is 0 Å². The fourth-order valence-electron chi connectivity index (χ4n) is 3.21. The molecule has 1 unspecified atom stereocenters. The quantitative estimate of drug-likeness (QED) is 0.868. The Balaban J connectivity index is 2.21. The molecule has 0 bridgehead atoms. The first-order chi connectivity index (χ1) is 8.44. The summed E-state index contributed by atoms with van der Waals surface area (Å²) in [5.74, 6) is 0.652. The number of benzene rings is 1. The van der Waals surface area contributed by atoms with Gasteiger partial charge in [-0.2, -0.15) is 0 Å². The van der Waals surface area contributed by atoms with Crippen molar-refractivity contribution in [2.75, 3.05) is 24.5 Å². The maximum atomic E-state index is 5.89. The number of piperidine rings is 1. The smallest absolute Gasteiger partial charge is 0.0396 e. The lowest BCUT2D eigenvalue weighted by Gasteiger charge is -2.45. The SMILES string of the molecule is Cc1ccc(N2CCC(CN)C(C)(C)C2)c(C)c1. The molecule has 1 aromatic carbocycles. The molecule has 0 amide bonds. The third kappa shape index (κ3) is 2.54. The lowest BCUT2D eigenvalue weighted by atomic mass is 9.74. The van der Waals surface area contributed by atoms with Gasteiger partial charge in [0.25, 0.3) is 0 Å². The van der Waals surface area contributed by atoms with Crippen molar-refractivity contribution < 1.29 is 0 Å². The summed E-state index contributed by atoms with van der Waals surface area (Å²) in [6.45, 7) is 12.1. The minimum atomic E-state index is 0.310. The van der Waals surface area contributed by atoms with Gasteiger partial charge in [0.1, 0.15) is 0 Å². The summed E-state index contributed by atoms with van der Waals surface area (Å²) < 4.78 is 0. The molecule has 0 spiro atoms. The second-order valence-corrected chi connectivity index (χ2v) is 6.42. The Morgan fingerprint density at radius 2 is 2.06 bits per heavy atom. The molecule has 1 fully saturated rings. The van der Waals surface area contributed by atoms with E-state index in [4.69, 9.17) is 5.73 Å². The zero-order valence-electron chi connectivity index (χ0n) is 12.2. The standard InChI is InChI=1S/C16H26N2/c1-12-5-6-15(13(2)9-12)18-8-7-14(10-17)16(3,4)11-18/h5-6,9,14H,7-8,10-11,17H2,1-4H3. The molecule has 1 aliphatic rings. The monoisotopic (exact) mass is 246 g/mol. The van der Waals surface area contributed by atoms with Crippen LogP contribution in [-0.2, 0) is 0 Å². The molecule has 1 saturated heterocycles. The van der Waals surface area contributed by atoms with E-state index in [1.165, 1.54) is 23.2 Å². The Bertz CT molecular complexity index is 423. The second-order valence-electron chi connectivity index (χ2n) is 6.42. The largest absolute Gasteiger partial charge is 0.371 e. The normalized spacial score (nSPS) is 23.2. The van der Waals surface area contributed by atoms with Gasteiger partial charge in [-0.1, -0.05) is 31.5 Å². The van der Waals surface area contributed by atoms with Gasteiger partial charge in [-0.25, -0.2) is 0 Å². The summed E-state index contributed by atoms with van der Waals surface area (Å²) in [4.78, 5) is 2.53. The van der Waals surface area contributed by atoms with Crippen molar-refractivity contribution in [3.05, 3.63) is 29.3 Å². The Hall–Kier alpha value is -1.02. The van der Waals surface area contributed by atoms with Crippen molar-refractivity contribution in [3.63, 3.8) is 0 Å². The van der Waals surface area contributed by atoms with Crippen LogP contribution in [0, 0.1) is 25.2 Å². The molecular formula is C16H26N2. The lowest BCUT2D eigenvalue weighted by Crippen LogP contribution is -2.48. The van der Waals surface area contributed by atoms with Gasteiger partial charge in [0, 0.05) is 18.8 Å². The fraction of sp³-hybridized carbons (Fsp3) is 0.625. The molecule has 1 aromatic rings. The first kappa shape index (κ1) is 13.4. The van der Waals surface area contributed by atoms with Crippen LogP contribution in [0.25, 0.3) is 0 Å². The molecule has 1 aliphatic heterocycles. The van der Waals surface area contributed by atoms with Crippen LogP contribution in [-0.4, -0.2) is 19.6 Å². The molecule has 0 aliphatic carbocycles. The molecule has 18 heavy (non-hydrogen) atoms. The van der Waals surface area contributed by atoms with Crippen LogP contribution in [0.5, 0.6) is 0 Å². The van der Waals surface area contributed by atoms with E-state index < -0.39 is 0 Å². The number of nitrogens with zero attached hydrogens (tertiary/aromatic N) is 1. The summed E-state index contributed by atoms with van der Waals surface area (Å²) >= 11 is 0. The fourth-order valence-corrected chi connectivity index (χ4v) is 3.21. The van der Waals surface area contributed by atoms with E-state index in [2.05, 4.69) is 50.8 Å². The molecule has 0 aromatic heterocycles. The van der Waals surface area contributed by atoms with Gasteiger partial charge in [-0.05, 0) is 49.8 Å². The number of anilines is 1. The molecular weight excluding hydrogens is 220 g/mol. The Morgan fingerprint density at radius 1 is 1.33 bits per heavy atom. The Morgan fingerprint density at radius 3 is 2.61 bits per heavy atom. The number of rotatable bonds is 2. The molecule has 0 radical (unpaired) electrons. The van der Waals surface area contributed by atoms with Gasteiger partial charge in [0.15, 0.2) is 0 Å². The number of nitrogens with two attached hydrogens (primary N) is 1. The second kappa shape index (κ2) is 4.93. The summed E-state index contributed by atoms with van der Waals surface area (Å²) in [6.07, 6.45) is 1.21. The molecule has 1 heterocycles. The predicted octanol–water partition coefficient (Wildman–Crippen LogP) is 3.11. The van der Waals surface area contributed by atoms with E-state index in [0.29, 0.717) is 11.3 Å². The molecule has 2 N–H and O–H groups in total. The summed E-state index contributed by atoms with van der Waals surface area (Å²) in [6, 6.07) is 6.76. The molecule has 2 rings (SSSR count). The first-order valence-electron chi connectivity index (χ1n) is 6.96. The average molecular weight is 246 g/mol. The maximum absolute atomic E-state index is 5.89. The van der Waals surface area contributed by atoms with E-state index in [-0.39, 0.29) is 0 Å². The highest BCUT2D eigenvalue weighted by molar-refractivity contribution is 5.54. The van der Waals surface area contributed by atoms with Gasteiger partial charge < -0.3 is 10.6 Å². The third-order valence-electron chi connectivity index (χ3n) is 4.43. The number of hydrogen-bond donors (Lipinski definition) is 1. The number of aryl methyl sites for hydroxylation is 2. The highest BCUT2D eigenvalue weighted by Crippen LogP contribution is 2.37. The van der Waals surface area contributed by atoms with Crippen molar-refractivity contribution >= 4 is 5.69 Å². The predicted molar refractivity (Wildman–Crippen MR) is 79.1 cm³/mol. The van der Waals surface area contributed by atoms with Crippen LogP contribution in [0.15, 0.2) is 18.2 Å². The van der Waals surface area contributed by atoms with E-state index in [0.717, 1.165) is 19.6 Å². The zero-order valence-corrected chi connectivity index (χ0v) is 12.2. The topological polar surface area (TPSA) is 29.3 Å². The minimum absolute atomic E-state index is 0.310. The van der Waals surface area contributed by atoms with E-state index in [9.17, 15) is 0 Å². The van der Waals surface area contributed by atoms with Gasteiger partial charge >= 0.3 is 0 Å². The van der Waals surface area contributed by atoms with E-state index >= 15 is 0 Å². The van der Waals surface area contributed by atoms with Crippen LogP contribution in [0.2, 0.25) is 0 Å². The summed E-state index contributed by atoms with van der Waals surface area (Å²) in [5, 5.41) is 0. The molecule has 1 atom stereocenters. The molecule has 0 saturated carbocycles. The minimum Gasteiger partial charge on any atom is -0.371 e. The maximum Gasteiger partial charge on any atom is 0.0396 e. The van der Waals surface area contributed by atoms with Gasteiger partial charge in [-0.15, -0.1) is 0 Å². The van der Waals surface area contributed by atoms with Crippen LogP contribution in [0.1, 0.15) is 31.4 Å². The first-order valence-corrected chi connectivity index (χ1v) is 6.96. The zero-order chi connectivity index (χ0) is 13.3. The van der Waals surface area contributed by atoms with E-state index in [1.807, 2.05) is 0 Å². The van der Waals surface area contributed by atoms with Crippen molar-refractivity contribution in [3.8, 4) is 0 Å². The third-order valence-corrected chi connectivity index (χ3v) is 4.43. The Kier molecular flexibility index (Phi) is 3.67. The van der Waals surface area contributed by atoms with Crippen molar-refractivity contribution in [2.24, 2.45) is 17.1 Å². The van der Waals surface area contributed by atoms with E-state index in [1.54, 1.807) is 0 Å². The lowest BCUT2D eigenvalue weighted by molar-refractivity contribution is 0.182. The van der Waals surface area contributed by atoms with Crippen LogP contribution < -0.4 is 10.6 Å².